The molecule has 0 amide bonds. The van der Waals surface area contributed by atoms with Crippen LogP contribution in [0.2, 0.25) is 5.02 Å². The number of nitriles is 1. The molecular formula is C14H17ClN2S. The van der Waals surface area contributed by atoms with Gasteiger partial charge in [-0.1, -0.05) is 24.4 Å². The van der Waals surface area contributed by atoms with Gasteiger partial charge in [0.25, 0.3) is 0 Å². The number of thioether (sulfide) groups is 1. The minimum atomic E-state index is 0.485. The molecule has 0 bridgehead atoms. The third-order valence-corrected chi connectivity index (χ3v) is 4.93. The van der Waals surface area contributed by atoms with Crippen molar-refractivity contribution in [3.8, 4) is 6.07 Å². The first-order chi connectivity index (χ1) is 8.74. The predicted molar refractivity (Wildman–Crippen MR) is 79.3 cm³/mol. The lowest BCUT2D eigenvalue weighted by molar-refractivity contribution is 0.475. The van der Waals surface area contributed by atoms with Crippen molar-refractivity contribution in [2.75, 3.05) is 11.6 Å². The molecule has 4 heteroatoms. The average Bonchev–Trinajstić information content (AvgIpc) is 2.41. The SMILES string of the molecule is CSC1CCCCC1Nc1ccc(C#N)cc1Cl. The van der Waals surface area contributed by atoms with Crippen LogP contribution in [0.15, 0.2) is 18.2 Å². The van der Waals surface area contributed by atoms with Gasteiger partial charge in [-0.3, -0.25) is 0 Å². The molecule has 1 aliphatic rings. The second-order valence-corrected chi connectivity index (χ2v) is 6.10. The first kappa shape index (κ1) is 13.6. The fourth-order valence-electron chi connectivity index (χ4n) is 2.45. The summed E-state index contributed by atoms with van der Waals surface area (Å²) in [5, 5.41) is 13.7. The number of halogens is 1. The number of anilines is 1. The van der Waals surface area contributed by atoms with E-state index >= 15 is 0 Å². The van der Waals surface area contributed by atoms with Crippen LogP contribution in [-0.2, 0) is 0 Å². The van der Waals surface area contributed by atoms with Crippen LogP contribution < -0.4 is 5.32 Å². The van der Waals surface area contributed by atoms with Crippen LogP contribution >= 0.6 is 23.4 Å². The molecule has 18 heavy (non-hydrogen) atoms. The molecule has 96 valence electrons. The van der Waals surface area contributed by atoms with E-state index in [2.05, 4.69) is 17.6 Å². The number of nitrogens with one attached hydrogen (secondary N) is 1. The van der Waals surface area contributed by atoms with Crippen LogP contribution in [0.3, 0.4) is 0 Å². The highest BCUT2D eigenvalue weighted by Gasteiger charge is 2.24. The van der Waals surface area contributed by atoms with Gasteiger partial charge in [-0.05, 0) is 37.3 Å². The van der Waals surface area contributed by atoms with Gasteiger partial charge in [-0.2, -0.15) is 17.0 Å². The fourth-order valence-corrected chi connectivity index (χ4v) is 3.62. The van der Waals surface area contributed by atoms with Crippen molar-refractivity contribution >= 4 is 29.1 Å². The second kappa shape index (κ2) is 6.36. The molecule has 1 aromatic rings. The summed E-state index contributed by atoms with van der Waals surface area (Å²) in [6.45, 7) is 0. The van der Waals surface area contributed by atoms with E-state index in [1.54, 1.807) is 6.07 Å². The second-order valence-electron chi connectivity index (χ2n) is 4.62. The number of nitrogens with zero attached hydrogens (tertiary/aromatic N) is 1. The molecule has 0 heterocycles. The molecule has 0 spiro atoms. The molecule has 1 aliphatic carbocycles. The van der Waals surface area contributed by atoms with Crippen LogP contribution in [0, 0.1) is 11.3 Å². The Labute approximate surface area is 118 Å². The Bertz CT molecular complexity index is 456. The molecule has 2 unspecified atom stereocenters. The zero-order chi connectivity index (χ0) is 13.0. The first-order valence-corrected chi connectivity index (χ1v) is 7.90. The van der Waals surface area contributed by atoms with E-state index in [0.717, 1.165) is 5.69 Å². The number of benzene rings is 1. The molecule has 0 saturated heterocycles. The summed E-state index contributed by atoms with van der Waals surface area (Å²) < 4.78 is 0. The van der Waals surface area contributed by atoms with E-state index in [1.807, 2.05) is 23.9 Å². The maximum Gasteiger partial charge on any atom is 0.0992 e. The highest BCUT2D eigenvalue weighted by molar-refractivity contribution is 7.99. The Morgan fingerprint density at radius 1 is 1.39 bits per heavy atom. The summed E-state index contributed by atoms with van der Waals surface area (Å²) in [6.07, 6.45) is 7.24. The largest absolute Gasteiger partial charge is 0.380 e. The summed E-state index contributed by atoms with van der Waals surface area (Å²) >= 11 is 8.13. The van der Waals surface area contributed by atoms with Gasteiger partial charge in [0, 0.05) is 11.3 Å². The van der Waals surface area contributed by atoms with E-state index in [0.29, 0.717) is 21.9 Å². The van der Waals surface area contributed by atoms with Crippen LogP contribution in [0.5, 0.6) is 0 Å². The van der Waals surface area contributed by atoms with Gasteiger partial charge in [0.1, 0.15) is 0 Å². The van der Waals surface area contributed by atoms with Crippen LogP contribution in [0.4, 0.5) is 5.69 Å². The lowest BCUT2D eigenvalue weighted by Crippen LogP contribution is -2.34. The van der Waals surface area contributed by atoms with Crippen molar-refractivity contribution in [3.63, 3.8) is 0 Å². The monoisotopic (exact) mass is 280 g/mol. The Morgan fingerprint density at radius 3 is 2.83 bits per heavy atom. The highest BCUT2D eigenvalue weighted by Crippen LogP contribution is 2.31. The topological polar surface area (TPSA) is 35.8 Å². The van der Waals surface area contributed by atoms with Gasteiger partial charge in [0.2, 0.25) is 0 Å². The van der Waals surface area contributed by atoms with E-state index in [4.69, 9.17) is 16.9 Å². The summed E-state index contributed by atoms with van der Waals surface area (Å²) in [7, 11) is 0. The molecule has 0 aromatic heterocycles. The Balaban J connectivity index is 2.10. The molecule has 2 nitrogen and oxygen atoms in total. The molecule has 2 atom stereocenters. The van der Waals surface area contributed by atoms with Gasteiger partial charge >= 0.3 is 0 Å². The van der Waals surface area contributed by atoms with Crippen LogP contribution in [-0.4, -0.2) is 17.5 Å². The predicted octanol–water partition coefficient (Wildman–Crippen LogP) is 4.30. The van der Waals surface area contributed by atoms with Crippen molar-refractivity contribution in [2.45, 2.75) is 37.0 Å². The van der Waals surface area contributed by atoms with Gasteiger partial charge in [-0.25, -0.2) is 0 Å². The lowest BCUT2D eigenvalue weighted by atomic mass is 9.94. The van der Waals surface area contributed by atoms with E-state index < -0.39 is 0 Å². The minimum absolute atomic E-state index is 0.485. The molecule has 1 saturated carbocycles. The van der Waals surface area contributed by atoms with Crippen LogP contribution in [0.1, 0.15) is 31.2 Å². The first-order valence-electron chi connectivity index (χ1n) is 6.23. The summed E-state index contributed by atoms with van der Waals surface area (Å²) in [5.41, 5.74) is 1.55. The highest BCUT2D eigenvalue weighted by atomic mass is 35.5. The maximum absolute atomic E-state index is 8.82. The Hall–Kier alpha value is -0.850. The van der Waals surface area contributed by atoms with Crippen molar-refractivity contribution < 1.29 is 0 Å². The van der Waals surface area contributed by atoms with Crippen molar-refractivity contribution in [1.29, 1.82) is 5.26 Å². The van der Waals surface area contributed by atoms with Gasteiger partial charge < -0.3 is 5.32 Å². The lowest BCUT2D eigenvalue weighted by Gasteiger charge is -2.32. The Kier molecular flexibility index (Phi) is 4.79. The third kappa shape index (κ3) is 3.13. The smallest absolute Gasteiger partial charge is 0.0992 e. The average molecular weight is 281 g/mol. The zero-order valence-corrected chi connectivity index (χ0v) is 12.0. The van der Waals surface area contributed by atoms with Crippen LogP contribution in [0.25, 0.3) is 0 Å². The Morgan fingerprint density at radius 2 is 2.17 bits per heavy atom. The normalized spacial score (nSPS) is 23.4. The van der Waals surface area contributed by atoms with Gasteiger partial charge in [0.15, 0.2) is 0 Å². The van der Waals surface area contributed by atoms with Crippen molar-refractivity contribution in [1.82, 2.24) is 0 Å². The number of hydrogen-bond donors (Lipinski definition) is 1. The van der Waals surface area contributed by atoms with E-state index in [9.17, 15) is 0 Å². The number of rotatable bonds is 3. The minimum Gasteiger partial charge on any atom is -0.380 e. The summed E-state index contributed by atoms with van der Waals surface area (Å²) in [6, 6.07) is 8.03. The molecule has 1 aromatic carbocycles. The van der Waals surface area contributed by atoms with E-state index in [-0.39, 0.29) is 0 Å². The standard InChI is InChI=1S/C14H17ClN2S/c1-18-14-5-3-2-4-13(14)17-12-7-6-10(9-16)8-11(12)15/h6-8,13-14,17H,2-5H2,1H3. The quantitative estimate of drug-likeness (QED) is 0.897. The van der Waals surface area contributed by atoms with Gasteiger partial charge in [0.05, 0.1) is 22.3 Å². The van der Waals surface area contributed by atoms with Gasteiger partial charge in [-0.15, -0.1) is 0 Å². The third-order valence-electron chi connectivity index (χ3n) is 3.44. The van der Waals surface area contributed by atoms with Crippen molar-refractivity contribution in [2.24, 2.45) is 0 Å². The molecular weight excluding hydrogens is 264 g/mol. The molecule has 1 N–H and O–H groups in total. The molecule has 1 fully saturated rings. The zero-order valence-electron chi connectivity index (χ0n) is 10.4. The molecule has 2 rings (SSSR count). The van der Waals surface area contributed by atoms with E-state index in [1.165, 1.54) is 25.7 Å². The summed E-state index contributed by atoms with van der Waals surface area (Å²) in [5.74, 6) is 0. The summed E-state index contributed by atoms with van der Waals surface area (Å²) in [4.78, 5) is 0. The fraction of sp³-hybridized carbons (Fsp3) is 0.500. The number of hydrogen-bond acceptors (Lipinski definition) is 3. The molecule has 0 aliphatic heterocycles. The van der Waals surface area contributed by atoms with Crippen molar-refractivity contribution in [3.05, 3.63) is 28.8 Å². The molecule has 0 radical (unpaired) electrons. The maximum atomic E-state index is 8.82.